The van der Waals surface area contributed by atoms with Crippen LogP contribution in [0.4, 0.5) is 0 Å². The minimum atomic E-state index is -3.85. The number of rotatable bonds is 10. The summed E-state index contributed by atoms with van der Waals surface area (Å²) in [4.78, 5) is 27.5. The lowest BCUT2D eigenvalue weighted by atomic mass is 9.84. The maximum Gasteiger partial charge on any atom is 0.306 e. The van der Waals surface area contributed by atoms with E-state index in [1.165, 1.54) is 13.1 Å². The van der Waals surface area contributed by atoms with Crippen molar-refractivity contribution >= 4 is 27.6 Å². The summed E-state index contributed by atoms with van der Waals surface area (Å²) in [6.07, 6.45) is 0.956. The van der Waals surface area contributed by atoms with Crippen molar-refractivity contribution in [1.82, 2.24) is 10.2 Å². The monoisotopic (exact) mass is 545 g/mol. The Balaban J connectivity index is 1.98. The molecule has 0 spiro atoms. The summed E-state index contributed by atoms with van der Waals surface area (Å²) in [5.41, 5.74) is 1.91. The number of benzene rings is 2. The SMILES string of the molecule is CCOc1cc2c(cc1C(=O)NC)C(=N)N(CC(=O)c1cc(OCC)c(OS(C)(=O)=O)c(C(C)(C)C)c1)C2. The van der Waals surface area contributed by atoms with E-state index >= 15 is 0 Å². The summed E-state index contributed by atoms with van der Waals surface area (Å²) in [6, 6.07) is 6.46. The Bertz CT molecular complexity index is 1380. The Hall–Kier alpha value is -3.60. The van der Waals surface area contributed by atoms with Gasteiger partial charge in [0.05, 0.1) is 31.6 Å². The summed E-state index contributed by atoms with van der Waals surface area (Å²) >= 11 is 0. The molecule has 0 saturated carbocycles. The van der Waals surface area contributed by atoms with Gasteiger partial charge in [-0.25, -0.2) is 0 Å². The molecule has 2 N–H and O–H groups in total. The van der Waals surface area contributed by atoms with Crippen LogP contribution < -0.4 is 19.0 Å². The number of ketones is 1. The highest BCUT2D eigenvalue weighted by atomic mass is 32.2. The molecule has 0 aliphatic carbocycles. The van der Waals surface area contributed by atoms with Gasteiger partial charge in [0.2, 0.25) is 0 Å². The fraction of sp³-hybridized carbons (Fsp3) is 0.444. The number of nitrogens with one attached hydrogen (secondary N) is 2. The van der Waals surface area contributed by atoms with Gasteiger partial charge >= 0.3 is 10.1 Å². The number of carbonyl (C=O) groups is 2. The number of fused-ring (bicyclic) bond motifs is 1. The molecular formula is C27H35N3O7S. The number of hydrogen-bond acceptors (Lipinski definition) is 8. The second-order valence-electron chi connectivity index (χ2n) is 9.97. The molecule has 206 valence electrons. The molecule has 0 saturated heterocycles. The molecule has 3 rings (SSSR count). The molecule has 1 amide bonds. The van der Waals surface area contributed by atoms with Gasteiger partial charge in [0, 0.05) is 30.3 Å². The van der Waals surface area contributed by atoms with Crippen LogP contribution in [0.15, 0.2) is 24.3 Å². The van der Waals surface area contributed by atoms with Gasteiger partial charge < -0.3 is 23.9 Å². The second kappa shape index (κ2) is 11.0. The van der Waals surface area contributed by atoms with Crippen molar-refractivity contribution in [2.45, 2.75) is 46.6 Å². The molecule has 1 aliphatic heterocycles. The van der Waals surface area contributed by atoms with Crippen LogP contribution in [-0.4, -0.2) is 63.9 Å². The van der Waals surface area contributed by atoms with Crippen LogP contribution in [0.2, 0.25) is 0 Å². The van der Waals surface area contributed by atoms with Gasteiger partial charge in [-0.1, -0.05) is 20.8 Å². The zero-order valence-electron chi connectivity index (χ0n) is 22.9. The first kappa shape index (κ1) is 29.0. The second-order valence-corrected chi connectivity index (χ2v) is 11.5. The number of amides is 1. The van der Waals surface area contributed by atoms with Gasteiger partial charge in [-0.15, -0.1) is 0 Å². The standard InChI is InChI=1S/C27H35N3O7S/c1-8-35-22-12-17-14-30(25(28)18(17)13-19(22)26(32)29-6)15-21(31)16-10-20(27(3,4)5)24(37-38(7,33)34)23(11-16)36-9-2/h10-13,28H,8-9,14-15H2,1-7H3,(H,29,32). The van der Waals surface area contributed by atoms with E-state index in [9.17, 15) is 18.0 Å². The Kier molecular flexibility index (Phi) is 8.40. The maximum atomic E-state index is 13.5. The minimum Gasteiger partial charge on any atom is -0.493 e. The quantitative estimate of drug-likeness (QED) is 0.342. The van der Waals surface area contributed by atoms with E-state index in [2.05, 4.69) is 5.32 Å². The summed E-state index contributed by atoms with van der Waals surface area (Å²) in [7, 11) is -2.33. The Labute approximate surface area is 223 Å². The smallest absolute Gasteiger partial charge is 0.306 e. The van der Waals surface area contributed by atoms with E-state index < -0.39 is 15.5 Å². The highest BCUT2D eigenvalue weighted by molar-refractivity contribution is 7.86. The average Bonchev–Trinajstić information content (AvgIpc) is 3.11. The normalized spacial score (nSPS) is 13.2. The van der Waals surface area contributed by atoms with Crippen molar-refractivity contribution in [1.29, 1.82) is 5.41 Å². The number of amidine groups is 1. The molecule has 10 nitrogen and oxygen atoms in total. The van der Waals surface area contributed by atoms with Gasteiger partial charge in [0.25, 0.3) is 5.91 Å². The van der Waals surface area contributed by atoms with Crippen LogP contribution in [0, 0.1) is 5.41 Å². The first-order valence-corrected chi connectivity index (χ1v) is 14.1. The highest BCUT2D eigenvalue weighted by Crippen LogP contribution is 2.41. The summed E-state index contributed by atoms with van der Waals surface area (Å²) in [5, 5.41) is 11.3. The lowest BCUT2D eigenvalue weighted by Crippen LogP contribution is -2.30. The highest BCUT2D eigenvalue weighted by Gasteiger charge is 2.31. The molecule has 2 aromatic carbocycles. The van der Waals surface area contributed by atoms with Crippen molar-refractivity contribution < 1.29 is 31.7 Å². The van der Waals surface area contributed by atoms with Crippen LogP contribution in [0.25, 0.3) is 0 Å². The molecule has 0 fully saturated rings. The predicted molar refractivity (Wildman–Crippen MR) is 144 cm³/mol. The molecule has 0 bridgehead atoms. The molecular weight excluding hydrogens is 510 g/mol. The number of carbonyl (C=O) groups excluding carboxylic acids is 2. The Morgan fingerprint density at radius 2 is 1.68 bits per heavy atom. The van der Waals surface area contributed by atoms with Crippen LogP contribution in [0.5, 0.6) is 17.2 Å². The third-order valence-corrected chi connectivity index (χ3v) is 6.43. The zero-order chi connectivity index (χ0) is 28.4. The maximum absolute atomic E-state index is 13.5. The first-order chi connectivity index (χ1) is 17.7. The van der Waals surface area contributed by atoms with E-state index in [4.69, 9.17) is 19.1 Å². The number of hydrogen-bond donors (Lipinski definition) is 2. The average molecular weight is 546 g/mol. The van der Waals surface area contributed by atoms with Crippen molar-refractivity contribution in [2.75, 3.05) is 33.1 Å². The molecule has 0 aromatic heterocycles. The molecule has 1 heterocycles. The molecule has 0 radical (unpaired) electrons. The van der Waals surface area contributed by atoms with E-state index in [1.54, 1.807) is 30.0 Å². The van der Waals surface area contributed by atoms with Crippen molar-refractivity contribution in [3.63, 3.8) is 0 Å². The molecule has 0 unspecified atom stereocenters. The fourth-order valence-corrected chi connectivity index (χ4v) is 4.71. The largest absolute Gasteiger partial charge is 0.493 e. The molecule has 38 heavy (non-hydrogen) atoms. The van der Waals surface area contributed by atoms with Gasteiger partial charge in [-0.05, 0) is 49.1 Å². The van der Waals surface area contributed by atoms with E-state index in [0.717, 1.165) is 11.8 Å². The number of nitrogens with zero attached hydrogens (tertiary/aromatic N) is 1. The lowest BCUT2D eigenvalue weighted by Gasteiger charge is -2.25. The summed E-state index contributed by atoms with van der Waals surface area (Å²) in [5.74, 6) is 0.156. The summed E-state index contributed by atoms with van der Waals surface area (Å²) in [6.45, 7) is 10.0. The molecule has 2 aromatic rings. The fourth-order valence-electron chi connectivity index (χ4n) is 4.24. The summed E-state index contributed by atoms with van der Waals surface area (Å²) < 4.78 is 40.6. The Morgan fingerprint density at radius 3 is 2.24 bits per heavy atom. The van der Waals surface area contributed by atoms with Crippen molar-refractivity contribution in [2.24, 2.45) is 0 Å². The third kappa shape index (κ3) is 6.27. The first-order valence-electron chi connectivity index (χ1n) is 12.3. The van der Waals surface area contributed by atoms with Gasteiger partial charge in [-0.3, -0.25) is 15.0 Å². The van der Waals surface area contributed by atoms with Crippen LogP contribution >= 0.6 is 0 Å². The predicted octanol–water partition coefficient (Wildman–Crippen LogP) is 3.50. The minimum absolute atomic E-state index is 0.0601. The van der Waals surface area contributed by atoms with Gasteiger partial charge in [0.15, 0.2) is 17.3 Å². The van der Waals surface area contributed by atoms with Gasteiger partial charge in [-0.2, -0.15) is 8.42 Å². The zero-order valence-corrected chi connectivity index (χ0v) is 23.7. The molecule has 11 heteroatoms. The lowest BCUT2D eigenvalue weighted by molar-refractivity contribution is 0.0952. The van der Waals surface area contributed by atoms with Crippen LogP contribution in [0.1, 0.15) is 72.0 Å². The topological polar surface area (TPSA) is 135 Å². The van der Waals surface area contributed by atoms with E-state index in [-0.39, 0.29) is 42.2 Å². The van der Waals surface area contributed by atoms with E-state index in [1.807, 2.05) is 27.7 Å². The van der Waals surface area contributed by atoms with E-state index in [0.29, 0.717) is 41.2 Å². The van der Waals surface area contributed by atoms with Crippen LogP contribution in [0.3, 0.4) is 0 Å². The third-order valence-electron chi connectivity index (χ3n) is 5.96. The van der Waals surface area contributed by atoms with Crippen molar-refractivity contribution in [3.05, 3.63) is 52.1 Å². The van der Waals surface area contributed by atoms with Crippen molar-refractivity contribution in [3.8, 4) is 17.2 Å². The molecule has 0 atom stereocenters. The molecule has 1 aliphatic rings. The van der Waals surface area contributed by atoms with Gasteiger partial charge in [0.1, 0.15) is 11.6 Å². The van der Waals surface area contributed by atoms with Crippen LogP contribution in [-0.2, 0) is 22.1 Å². The number of ether oxygens (including phenoxy) is 2. The number of Topliss-reactive ketones (excluding diaryl/α,β-unsaturated/α-hetero) is 1. The Morgan fingerprint density at radius 1 is 1.05 bits per heavy atom.